The first-order valence-corrected chi connectivity index (χ1v) is 13.5. The second-order valence-electron chi connectivity index (χ2n) is 13.9. The fourth-order valence-corrected chi connectivity index (χ4v) is 10.6. The van der Waals surface area contributed by atoms with E-state index in [4.69, 9.17) is 9.47 Å². The van der Waals surface area contributed by atoms with Crippen molar-refractivity contribution < 1.29 is 34.4 Å². The first-order valence-electron chi connectivity index (χ1n) is 13.5. The van der Waals surface area contributed by atoms with E-state index < -0.39 is 39.7 Å². The van der Waals surface area contributed by atoms with Crippen molar-refractivity contribution >= 4 is 11.8 Å². The zero-order valence-electron chi connectivity index (χ0n) is 21.1. The van der Waals surface area contributed by atoms with E-state index in [0.717, 1.165) is 25.7 Å². The van der Waals surface area contributed by atoms with Crippen LogP contribution in [0.1, 0.15) is 72.6 Å². The third-order valence-corrected chi connectivity index (χ3v) is 13.0. The fraction of sp³-hybridized carbons (Fsp3) is 0.857. The van der Waals surface area contributed by atoms with Gasteiger partial charge in [0.05, 0.1) is 17.1 Å². The lowest BCUT2D eigenvalue weighted by Gasteiger charge is -2.59. The second-order valence-corrected chi connectivity index (χ2v) is 13.9. The average molecular weight is 487 g/mol. The number of hydrogen-bond acceptors (Lipinski definition) is 7. The molecule has 7 rings (SSSR count). The van der Waals surface area contributed by atoms with Gasteiger partial charge in [0.2, 0.25) is 0 Å². The predicted octanol–water partition coefficient (Wildman–Crippen LogP) is 2.30. The monoisotopic (exact) mass is 486 g/mol. The summed E-state index contributed by atoms with van der Waals surface area (Å²) < 4.78 is 12.0. The van der Waals surface area contributed by atoms with Crippen LogP contribution >= 0.6 is 0 Å². The van der Waals surface area contributed by atoms with Crippen LogP contribution in [0.4, 0.5) is 0 Å². The Bertz CT molecular complexity index is 1070. The normalized spacial score (nSPS) is 64.1. The van der Waals surface area contributed by atoms with Crippen LogP contribution in [0, 0.1) is 39.9 Å². The summed E-state index contributed by atoms with van der Waals surface area (Å²) in [6.45, 7) is 7.72. The van der Waals surface area contributed by atoms with Crippen molar-refractivity contribution in [3.05, 3.63) is 12.2 Å². The highest BCUT2D eigenvalue weighted by Crippen LogP contribution is 2.74. The smallest absolute Gasteiger partial charge is 0.338 e. The zero-order valence-corrected chi connectivity index (χ0v) is 21.1. The van der Waals surface area contributed by atoms with Gasteiger partial charge in [-0.2, -0.15) is 0 Å². The van der Waals surface area contributed by atoms with Gasteiger partial charge in [0, 0.05) is 11.3 Å². The number of fused-ring (bicyclic) bond motifs is 6. The molecule has 13 atom stereocenters. The molecule has 0 amide bonds. The van der Waals surface area contributed by atoms with E-state index in [-0.39, 0.29) is 47.1 Å². The molecule has 0 radical (unpaired) electrons. The Kier molecular flexibility index (Phi) is 4.07. The molecule has 35 heavy (non-hydrogen) atoms. The molecular weight excluding hydrogens is 448 g/mol. The van der Waals surface area contributed by atoms with Crippen molar-refractivity contribution in [3.8, 4) is 0 Å². The Morgan fingerprint density at radius 3 is 2.43 bits per heavy atom. The Labute approximate surface area is 206 Å². The Balaban J connectivity index is 1.24. The lowest BCUT2D eigenvalue weighted by atomic mass is 9.44. The van der Waals surface area contributed by atoms with Gasteiger partial charge in [0.1, 0.15) is 17.8 Å². The summed E-state index contributed by atoms with van der Waals surface area (Å²) in [5.41, 5.74) is -5.08. The van der Waals surface area contributed by atoms with Crippen molar-refractivity contribution in [2.45, 2.75) is 108 Å². The highest BCUT2D eigenvalue weighted by atomic mass is 16.6. The number of aliphatic hydroxyl groups is 3. The second kappa shape index (κ2) is 6.23. The lowest BCUT2D eigenvalue weighted by molar-refractivity contribution is -0.201. The van der Waals surface area contributed by atoms with Crippen molar-refractivity contribution in [2.24, 2.45) is 39.9 Å². The maximum absolute atomic E-state index is 13.3. The highest BCUT2D eigenvalue weighted by Gasteiger charge is 2.81. The minimum atomic E-state index is -1.55. The van der Waals surface area contributed by atoms with Gasteiger partial charge in [0.25, 0.3) is 0 Å². The summed E-state index contributed by atoms with van der Waals surface area (Å²) in [5.74, 6) is -0.163. The van der Waals surface area contributed by atoms with Crippen molar-refractivity contribution in [1.82, 2.24) is 0 Å². The molecule has 7 nitrogen and oxygen atoms in total. The molecule has 4 saturated carbocycles. The first kappa shape index (κ1) is 22.9. The lowest BCUT2D eigenvalue weighted by Crippen LogP contribution is -2.65. The summed E-state index contributed by atoms with van der Waals surface area (Å²) >= 11 is 0. The molecule has 3 N–H and O–H groups in total. The van der Waals surface area contributed by atoms with Gasteiger partial charge in [-0.1, -0.05) is 13.8 Å². The molecule has 2 saturated heterocycles. The topological polar surface area (TPSA) is 117 Å². The van der Waals surface area contributed by atoms with E-state index in [1.54, 1.807) is 19.1 Å². The number of allylic oxidation sites excluding steroid dienone is 1. The number of esters is 1. The minimum Gasteiger partial charge on any atom is -0.460 e. The van der Waals surface area contributed by atoms with E-state index in [9.17, 15) is 24.9 Å². The number of carbonyl (C=O) groups is 2. The molecule has 0 aromatic heterocycles. The Hall–Kier alpha value is -1.28. The molecule has 7 heteroatoms. The molecule has 2 bridgehead atoms. The van der Waals surface area contributed by atoms with Crippen LogP contribution in [-0.4, -0.2) is 62.2 Å². The Morgan fingerprint density at radius 2 is 1.69 bits per heavy atom. The average Bonchev–Trinajstić information content (AvgIpc) is 3.35. The van der Waals surface area contributed by atoms with E-state index in [1.165, 1.54) is 0 Å². The number of hydrogen-bond donors (Lipinski definition) is 3. The molecule has 2 aliphatic heterocycles. The summed E-state index contributed by atoms with van der Waals surface area (Å²) in [6, 6.07) is 0. The molecule has 192 valence electrons. The molecule has 7 aliphatic rings. The van der Waals surface area contributed by atoms with Crippen LogP contribution in [0.3, 0.4) is 0 Å². The molecule has 1 spiro atoms. The third-order valence-electron chi connectivity index (χ3n) is 13.0. The molecule has 0 aromatic carbocycles. The summed E-state index contributed by atoms with van der Waals surface area (Å²) in [6.07, 6.45) is 6.90. The van der Waals surface area contributed by atoms with Gasteiger partial charge in [-0.15, -0.1) is 0 Å². The number of aliphatic hydroxyl groups excluding tert-OH is 1. The number of ether oxygens (including phenoxy) is 2. The maximum atomic E-state index is 13.3. The van der Waals surface area contributed by atoms with E-state index in [2.05, 4.69) is 6.92 Å². The molecule has 6 fully saturated rings. The van der Waals surface area contributed by atoms with Crippen LogP contribution < -0.4 is 0 Å². The van der Waals surface area contributed by atoms with E-state index in [0.29, 0.717) is 19.3 Å². The summed E-state index contributed by atoms with van der Waals surface area (Å²) in [5, 5.41) is 34.3. The minimum absolute atomic E-state index is 0.0588. The third kappa shape index (κ3) is 2.23. The molecular formula is C28H38O7. The van der Waals surface area contributed by atoms with Crippen molar-refractivity contribution in [3.63, 3.8) is 0 Å². The number of ketones is 1. The predicted molar refractivity (Wildman–Crippen MR) is 124 cm³/mol. The van der Waals surface area contributed by atoms with Crippen LogP contribution in [0.15, 0.2) is 12.2 Å². The molecule has 0 aromatic rings. The molecule has 5 aliphatic carbocycles. The van der Waals surface area contributed by atoms with Gasteiger partial charge < -0.3 is 24.8 Å². The fourth-order valence-electron chi connectivity index (χ4n) is 10.6. The SMILES string of the molecule is C[C@]12C[C@H](OC(=O)[C@]1(C)O)[C@@H]([C@]1(O)CC[C@H]3[C@@H]4C[C@H]5O[C@]56[C@@H](O)C=CC(=O)[C@]6(C)[C@H]4CC[C@@]31C)C2. The molecule has 0 unspecified atom stereocenters. The standard InChI is InChI=1S/C28H38O7/c1-23-12-17(18(13-23)34-22(31)26(23,4)32)27(33)10-8-15-14-11-21-28(35-21)20(30)6-5-19(29)25(28,3)16(14)7-9-24(15,27)2/h5-6,14-18,20-21,30,32-33H,7-13H2,1-4H3/t14-,15-,16-,17-,18-,20-,21+,23-,24-,25-,26-,27+,28+/m0/s1. The number of epoxide rings is 1. The number of rotatable bonds is 1. The van der Waals surface area contributed by atoms with Crippen LogP contribution in [-0.2, 0) is 19.1 Å². The highest BCUT2D eigenvalue weighted by molar-refractivity contribution is 5.98. The van der Waals surface area contributed by atoms with Gasteiger partial charge in [-0.3, -0.25) is 4.79 Å². The van der Waals surface area contributed by atoms with Gasteiger partial charge in [0.15, 0.2) is 11.4 Å². The quantitative estimate of drug-likeness (QED) is 0.385. The first-order chi connectivity index (χ1) is 16.3. The number of carbonyl (C=O) groups excluding carboxylic acids is 2. The van der Waals surface area contributed by atoms with Crippen molar-refractivity contribution in [1.29, 1.82) is 0 Å². The van der Waals surface area contributed by atoms with Gasteiger partial charge in [-0.25, -0.2) is 4.79 Å². The largest absolute Gasteiger partial charge is 0.460 e. The zero-order chi connectivity index (χ0) is 25.0. The van der Waals surface area contributed by atoms with E-state index in [1.807, 2.05) is 13.8 Å². The molecule has 2 heterocycles. The van der Waals surface area contributed by atoms with Gasteiger partial charge >= 0.3 is 5.97 Å². The van der Waals surface area contributed by atoms with Crippen LogP contribution in [0.25, 0.3) is 0 Å². The van der Waals surface area contributed by atoms with Crippen molar-refractivity contribution in [2.75, 3.05) is 0 Å². The van der Waals surface area contributed by atoms with E-state index >= 15 is 0 Å². The van der Waals surface area contributed by atoms with Crippen LogP contribution in [0.5, 0.6) is 0 Å². The summed E-state index contributed by atoms with van der Waals surface area (Å²) in [4.78, 5) is 26.0. The summed E-state index contributed by atoms with van der Waals surface area (Å²) in [7, 11) is 0. The van der Waals surface area contributed by atoms with Crippen LogP contribution in [0.2, 0.25) is 0 Å². The Morgan fingerprint density at radius 1 is 0.971 bits per heavy atom. The van der Waals surface area contributed by atoms with Gasteiger partial charge in [-0.05, 0) is 94.1 Å². The maximum Gasteiger partial charge on any atom is 0.338 e.